The van der Waals surface area contributed by atoms with Crippen LogP contribution in [0.25, 0.3) is 0 Å². The van der Waals surface area contributed by atoms with E-state index < -0.39 is 5.91 Å². The van der Waals surface area contributed by atoms with Gasteiger partial charge in [-0.15, -0.1) is 0 Å². The Morgan fingerprint density at radius 1 is 1.28 bits per heavy atom. The molecule has 18 heavy (non-hydrogen) atoms. The Hall–Kier alpha value is -1.88. The summed E-state index contributed by atoms with van der Waals surface area (Å²) in [5.41, 5.74) is 11.9. The maximum absolute atomic E-state index is 11.6. The van der Waals surface area contributed by atoms with Gasteiger partial charge in [-0.05, 0) is 30.7 Å². The predicted molar refractivity (Wildman–Crippen MR) is 71.1 cm³/mol. The third-order valence-corrected chi connectivity index (χ3v) is 2.56. The highest BCUT2D eigenvalue weighted by molar-refractivity contribution is 5.94. The number of hydrogen-bond acceptors (Lipinski definition) is 3. The predicted octanol–water partition coefficient (Wildman–Crippen LogP) is 1.24. The molecule has 0 heterocycles. The summed E-state index contributed by atoms with van der Waals surface area (Å²) in [6, 6.07) is 6.32. The highest BCUT2D eigenvalue weighted by Crippen LogP contribution is 2.10. The normalized spacial score (nSPS) is 11.9. The van der Waals surface area contributed by atoms with Crippen LogP contribution in [0.4, 0.5) is 5.69 Å². The van der Waals surface area contributed by atoms with Gasteiger partial charge >= 0.3 is 0 Å². The maximum Gasteiger partial charge on any atom is 0.248 e. The average molecular weight is 249 g/mol. The molecule has 0 aromatic heterocycles. The minimum Gasteiger partial charge on any atom is -0.366 e. The van der Waals surface area contributed by atoms with Crippen molar-refractivity contribution in [2.24, 2.45) is 11.5 Å². The smallest absolute Gasteiger partial charge is 0.248 e. The summed E-state index contributed by atoms with van der Waals surface area (Å²) in [7, 11) is 0. The van der Waals surface area contributed by atoms with Crippen molar-refractivity contribution in [3.8, 4) is 0 Å². The molecule has 0 saturated carbocycles. The molecular weight excluding hydrogens is 230 g/mol. The van der Waals surface area contributed by atoms with Crippen molar-refractivity contribution in [3.63, 3.8) is 0 Å². The van der Waals surface area contributed by atoms with E-state index in [0.717, 1.165) is 12.8 Å². The zero-order chi connectivity index (χ0) is 13.5. The Labute approximate surface area is 107 Å². The molecule has 98 valence electrons. The van der Waals surface area contributed by atoms with Crippen molar-refractivity contribution in [3.05, 3.63) is 29.8 Å². The minimum atomic E-state index is -0.488. The summed E-state index contributed by atoms with van der Waals surface area (Å²) in [6.07, 6.45) is 2.08. The summed E-state index contributed by atoms with van der Waals surface area (Å²) in [5.74, 6) is -0.611. The van der Waals surface area contributed by atoms with E-state index in [2.05, 4.69) is 5.32 Å². The molecule has 5 nitrogen and oxygen atoms in total. The lowest BCUT2D eigenvalue weighted by Gasteiger charge is -2.10. The van der Waals surface area contributed by atoms with E-state index in [1.54, 1.807) is 24.3 Å². The van der Waals surface area contributed by atoms with Crippen LogP contribution >= 0.6 is 0 Å². The first kappa shape index (κ1) is 14.2. The molecule has 0 aliphatic heterocycles. The Kier molecular flexibility index (Phi) is 5.32. The fraction of sp³-hybridized carbons (Fsp3) is 0.385. The second-order valence-corrected chi connectivity index (χ2v) is 4.24. The van der Waals surface area contributed by atoms with Crippen LogP contribution in [0.5, 0.6) is 0 Å². The highest BCUT2D eigenvalue weighted by Gasteiger charge is 2.09. The number of primary amides is 1. The first-order valence-corrected chi connectivity index (χ1v) is 5.98. The first-order valence-electron chi connectivity index (χ1n) is 5.98. The topological polar surface area (TPSA) is 98.2 Å². The first-order chi connectivity index (χ1) is 8.52. The summed E-state index contributed by atoms with van der Waals surface area (Å²) >= 11 is 0. The number of benzene rings is 1. The maximum atomic E-state index is 11.6. The third kappa shape index (κ3) is 4.55. The number of anilines is 1. The Bertz CT molecular complexity index is 415. The second kappa shape index (κ2) is 6.76. The van der Waals surface area contributed by atoms with Gasteiger partial charge in [0.25, 0.3) is 0 Å². The average Bonchev–Trinajstić information content (AvgIpc) is 2.29. The molecular formula is C13H19N3O2. The lowest BCUT2D eigenvalue weighted by atomic mass is 10.1. The van der Waals surface area contributed by atoms with Gasteiger partial charge in [0.1, 0.15) is 0 Å². The molecule has 0 bridgehead atoms. The molecule has 1 aromatic rings. The Morgan fingerprint density at radius 3 is 2.39 bits per heavy atom. The van der Waals surface area contributed by atoms with Crippen LogP contribution in [0, 0.1) is 0 Å². The van der Waals surface area contributed by atoms with Gasteiger partial charge in [0.2, 0.25) is 11.8 Å². The summed E-state index contributed by atoms with van der Waals surface area (Å²) in [6.45, 7) is 2.03. The van der Waals surface area contributed by atoms with Crippen LogP contribution in [0.2, 0.25) is 0 Å². The molecule has 1 rings (SSSR count). The van der Waals surface area contributed by atoms with Gasteiger partial charge in [-0.3, -0.25) is 9.59 Å². The number of rotatable bonds is 6. The molecule has 0 fully saturated rings. The van der Waals surface area contributed by atoms with Crippen LogP contribution in [0.15, 0.2) is 24.3 Å². The minimum absolute atomic E-state index is 0.111. The number of hydrogen-bond donors (Lipinski definition) is 3. The Morgan fingerprint density at radius 2 is 1.89 bits per heavy atom. The van der Waals surface area contributed by atoms with Gasteiger partial charge < -0.3 is 16.8 Å². The SMILES string of the molecule is CCCC(N)CC(=O)Nc1ccc(C(N)=O)cc1. The fourth-order valence-corrected chi connectivity index (χ4v) is 1.64. The van der Waals surface area contributed by atoms with E-state index in [-0.39, 0.29) is 11.9 Å². The fourth-order valence-electron chi connectivity index (χ4n) is 1.64. The zero-order valence-corrected chi connectivity index (χ0v) is 10.5. The largest absolute Gasteiger partial charge is 0.366 e. The summed E-state index contributed by atoms with van der Waals surface area (Å²) < 4.78 is 0. The quantitative estimate of drug-likeness (QED) is 0.707. The number of carbonyl (C=O) groups excluding carboxylic acids is 2. The lowest BCUT2D eigenvalue weighted by molar-refractivity contribution is -0.116. The molecule has 0 aliphatic carbocycles. The van der Waals surface area contributed by atoms with Crippen LogP contribution in [0.3, 0.4) is 0 Å². The number of amides is 2. The highest BCUT2D eigenvalue weighted by atomic mass is 16.2. The van der Waals surface area contributed by atoms with Gasteiger partial charge in [0.05, 0.1) is 0 Å². The van der Waals surface area contributed by atoms with Crippen molar-refractivity contribution < 1.29 is 9.59 Å². The van der Waals surface area contributed by atoms with Crippen LogP contribution in [-0.4, -0.2) is 17.9 Å². The van der Waals surface area contributed by atoms with E-state index in [1.165, 1.54) is 0 Å². The number of nitrogens with one attached hydrogen (secondary N) is 1. The standard InChI is InChI=1S/C13H19N3O2/c1-2-3-10(14)8-12(17)16-11-6-4-9(5-7-11)13(15)18/h4-7,10H,2-3,8,14H2,1H3,(H2,15,18)(H,16,17). The number of carbonyl (C=O) groups is 2. The van der Waals surface area contributed by atoms with Crippen LogP contribution in [-0.2, 0) is 4.79 Å². The van der Waals surface area contributed by atoms with Gasteiger partial charge in [-0.1, -0.05) is 13.3 Å². The van der Waals surface area contributed by atoms with Crippen molar-refractivity contribution in [1.82, 2.24) is 0 Å². The summed E-state index contributed by atoms with van der Waals surface area (Å²) in [5, 5.41) is 2.73. The molecule has 1 unspecified atom stereocenters. The van der Waals surface area contributed by atoms with E-state index in [1.807, 2.05) is 6.92 Å². The lowest BCUT2D eigenvalue weighted by Crippen LogP contribution is -2.26. The molecule has 0 aliphatic rings. The second-order valence-electron chi connectivity index (χ2n) is 4.24. The molecule has 1 atom stereocenters. The van der Waals surface area contributed by atoms with Crippen molar-refractivity contribution in [2.75, 3.05) is 5.32 Å². The molecule has 2 amide bonds. The third-order valence-electron chi connectivity index (χ3n) is 2.56. The van der Waals surface area contributed by atoms with Gasteiger partial charge in [0, 0.05) is 23.7 Å². The molecule has 0 spiro atoms. The van der Waals surface area contributed by atoms with E-state index in [0.29, 0.717) is 17.7 Å². The summed E-state index contributed by atoms with van der Waals surface area (Å²) in [4.78, 5) is 22.5. The monoisotopic (exact) mass is 249 g/mol. The zero-order valence-electron chi connectivity index (χ0n) is 10.5. The Balaban J connectivity index is 2.51. The van der Waals surface area contributed by atoms with Crippen molar-refractivity contribution >= 4 is 17.5 Å². The van der Waals surface area contributed by atoms with Gasteiger partial charge in [0.15, 0.2) is 0 Å². The van der Waals surface area contributed by atoms with Gasteiger partial charge in [-0.25, -0.2) is 0 Å². The molecule has 1 aromatic carbocycles. The van der Waals surface area contributed by atoms with Crippen molar-refractivity contribution in [2.45, 2.75) is 32.2 Å². The van der Waals surface area contributed by atoms with Gasteiger partial charge in [-0.2, -0.15) is 0 Å². The van der Waals surface area contributed by atoms with E-state index >= 15 is 0 Å². The molecule has 0 radical (unpaired) electrons. The number of nitrogens with two attached hydrogens (primary N) is 2. The van der Waals surface area contributed by atoms with E-state index in [4.69, 9.17) is 11.5 Å². The van der Waals surface area contributed by atoms with E-state index in [9.17, 15) is 9.59 Å². The van der Waals surface area contributed by atoms with Crippen molar-refractivity contribution in [1.29, 1.82) is 0 Å². The molecule has 0 saturated heterocycles. The molecule has 5 heteroatoms. The van der Waals surface area contributed by atoms with Crippen LogP contribution in [0.1, 0.15) is 36.5 Å². The van der Waals surface area contributed by atoms with Crippen LogP contribution < -0.4 is 16.8 Å². The molecule has 5 N–H and O–H groups in total.